The van der Waals surface area contributed by atoms with E-state index in [1.165, 1.54) is 12.1 Å². The average Bonchev–Trinajstić information content (AvgIpc) is 2.91. The molecule has 2 rings (SSSR count). The summed E-state index contributed by atoms with van der Waals surface area (Å²) in [5.41, 5.74) is 1.65. The van der Waals surface area contributed by atoms with Crippen LogP contribution in [0.5, 0.6) is 0 Å². The smallest absolute Gasteiger partial charge is 0.234 e. The number of aryl methyl sites for hydroxylation is 2. The van der Waals surface area contributed by atoms with E-state index in [0.29, 0.717) is 23.1 Å². The number of sulfonamides is 1. The van der Waals surface area contributed by atoms with Gasteiger partial charge in [-0.3, -0.25) is 9.71 Å². The zero-order valence-corrected chi connectivity index (χ0v) is 20.6. The second-order valence-electron chi connectivity index (χ2n) is 6.48. The fourth-order valence-electron chi connectivity index (χ4n) is 2.61. The molecule has 0 aliphatic carbocycles. The normalized spacial score (nSPS) is 11.7. The van der Waals surface area contributed by atoms with E-state index >= 15 is 0 Å². The third kappa shape index (κ3) is 7.67. The maximum Gasteiger partial charge on any atom is 0.234 e. The maximum atomic E-state index is 13.6. The van der Waals surface area contributed by atoms with Crippen LogP contribution in [0, 0.1) is 12.7 Å². The molecule has 0 amide bonds. The van der Waals surface area contributed by atoms with Crippen LogP contribution in [-0.2, 0) is 23.6 Å². The Bertz CT molecular complexity index is 965. The molecule has 0 saturated heterocycles. The summed E-state index contributed by atoms with van der Waals surface area (Å²) in [7, 11) is 1.74. The Morgan fingerprint density at radius 2 is 2.03 bits per heavy atom. The van der Waals surface area contributed by atoms with Crippen molar-refractivity contribution in [2.75, 3.05) is 31.1 Å². The van der Waals surface area contributed by atoms with Gasteiger partial charge in [-0.15, -0.1) is 24.0 Å². The number of rotatable bonds is 7. The minimum absolute atomic E-state index is 0. The maximum absolute atomic E-state index is 13.6. The van der Waals surface area contributed by atoms with Gasteiger partial charge in [-0.1, -0.05) is 17.7 Å². The highest BCUT2D eigenvalue weighted by molar-refractivity contribution is 14.0. The highest BCUT2D eigenvalue weighted by atomic mass is 127. The summed E-state index contributed by atoms with van der Waals surface area (Å²) in [4.78, 5) is 6.03. The van der Waals surface area contributed by atoms with Gasteiger partial charge in [0.15, 0.2) is 5.96 Å². The Morgan fingerprint density at radius 1 is 1.34 bits per heavy atom. The predicted octanol–water partition coefficient (Wildman–Crippen LogP) is 3.19. The van der Waals surface area contributed by atoms with Crippen molar-refractivity contribution in [1.29, 1.82) is 0 Å². The van der Waals surface area contributed by atoms with Gasteiger partial charge >= 0.3 is 0 Å². The zero-order valence-electron chi connectivity index (χ0n) is 16.7. The molecular weight excluding hydrogens is 532 g/mol. The largest absolute Gasteiger partial charge is 0.355 e. The number of aliphatic imine (C=N–C) groups is 1. The molecule has 11 heteroatoms. The third-order valence-corrected chi connectivity index (χ3v) is 5.64. The van der Waals surface area contributed by atoms with Crippen molar-refractivity contribution < 1.29 is 12.8 Å². The Kier molecular flexibility index (Phi) is 9.69. The minimum Gasteiger partial charge on any atom is -0.355 e. The van der Waals surface area contributed by atoms with Crippen LogP contribution in [0.4, 0.5) is 10.1 Å². The summed E-state index contributed by atoms with van der Waals surface area (Å²) < 4.78 is 42.3. The van der Waals surface area contributed by atoms with Crippen LogP contribution < -0.4 is 10.0 Å². The van der Waals surface area contributed by atoms with E-state index in [0.717, 1.165) is 11.8 Å². The molecule has 1 aromatic carbocycles. The molecule has 0 aliphatic heterocycles. The second-order valence-corrected chi connectivity index (χ2v) is 8.75. The van der Waals surface area contributed by atoms with Gasteiger partial charge in [-0.05, 0) is 30.7 Å². The third-order valence-electron chi connectivity index (χ3n) is 4.15. The summed E-state index contributed by atoms with van der Waals surface area (Å²) in [5.74, 6) is -0.0965. The highest BCUT2D eigenvalue weighted by Crippen LogP contribution is 2.15. The number of hydrogen-bond donors (Lipinski definition) is 2. The molecule has 0 atom stereocenters. The van der Waals surface area contributed by atoms with Gasteiger partial charge in [0.1, 0.15) is 5.82 Å². The molecule has 0 bridgehead atoms. The molecule has 0 fully saturated rings. The van der Waals surface area contributed by atoms with Gasteiger partial charge < -0.3 is 14.8 Å². The molecule has 162 valence electrons. The SMILES string of the molecule is CN=C(NCCS(=O)(=O)Nc1ccc(C)c(F)c1)N(C)Cc1cc(Cl)cn1C.I. The highest BCUT2D eigenvalue weighted by Gasteiger charge is 2.14. The standard InChI is InChI=1S/C18H25ClFN5O2S.HI/c1-13-5-6-15(10-17(13)20)23-28(26,27)8-7-22-18(21-2)25(4)12-16-9-14(19)11-24(16)3;/h5-6,9-11,23H,7-8,12H2,1-4H3,(H,21,22);1H. The molecule has 2 aromatic rings. The quantitative estimate of drug-likeness (QED) is 0.311. The van der Waals surface area contributed by atoms with Gasteiger partial charge in [0.25, 0.3) is 0 Å². The molecule has 1 aromatic heterocycles. The van der Waals surface area contributed by atoms with Crippen molar-refractivity contribution >= 4 is 57.2 Å². The van der Waals surface area contributed by atoms with Crippen LogP contribution in [0.1, 0.15) is 11.3 Å². The number of aromatic nitrogens is 1. The molecular formula is C18H26ClFIN5O2S. The first-order valence-corrected chi connectivity index (χ1v) is 10.6. The van der Waals surface area contributed by atoms with E-state index in [1.807, 2.05) is 35.8 Å². The molecule has 0 aliphatic rings. The minimum atomic E-state index is -3.63. The summed E-state index contributed by atoms with van der Waals surface area (Å²) in [6.07, 6.45) is 1.81. The van der Waals surface area contributed by atoms with Crippen molar-refractivity contribution in [3.63, 3.8) is 0 Å². The van der Waals surface area contributed by atoms with Crippen molar-refractivity contribution in [2.24, 2.45) is 12.0 Å². The Morgan fingerprint density at radius 3 is 2.59 bits per heavy atom. The summed E-state index contributed by atoms with van der Waals surface area (Å²) in [5, 5.41) is 3.67. The fraction of sp³-hybridized carbons (Fsp3) is 0.389. The predicted molar refractivity (Wildman–Crippen MR) is 127 cm³/mol. The zero-order chi connectivity index (χ0) is 20.9. The fourth-order valence-corrected chi connectivity index (χ4v) is 3.84. The lowest BCUT2D eigenvalue weighted by atomic mass is 10.2. The first-order chi connectivity index (χ1) is 13.1. The number of benzene rings is 1. The Labute approximate surface area is 193 Å². The van der Waals surface area contributed by atoms with Crippen molar-refractivity contribution in [2.45, 2.75) is 13.5 Å². The van der Waals surface area contributed by atoms with Gasteiger partial charge in [-0.2, -0.15) is 0 Å². The Balaban J connectivity index is 0.00000420. The lowest BCUT2D eigenvalue weighted by Crippen LogP contribution is -2.41. The van der Waals surface area contributed by atoms with E-state index in [-0.39, 0.29) is 42.0 Å². The monoisotopic (exact) mass is 557 g/mol. The summed E-state index contributed by atoms with van der Waals surface area (Å²) in [6.45, 7) is 2.31. The van der Waals surface area contributed by atoms with E-state index < -0.39 is 15.8 Å². The van der Waals surface area contributed by atoms with Gasteiger partial charge in [0.2, 0.25) is 10.0 Å². The van der Waals surface area contributed by atoms with E-state index in [1.54, 1.807) is 14.0 Å². The first kappa shape index (κ1) is 25.5. The van der Waals surface area contributed by atoms with Crippen LogP contribution in [-0.4, -0.2) is 50.2 Å². The second kappa shape index (κ2) is 11.0. The van der Waals surface area contributed by atoms with Gasteiger partial charge in [0.05, 0.1) is 23.0 Å². The number of nitrogens with zero attached hydrogens (tertiary/aromatic N) is 3. The Hall–Kier alpha value is -1.53. The first-order valence-electron chi connectivity index (χ1n) is 8.60. The van der Waals surface area contributed by atoms with Crippen molar-refractivity contribution in [3.05, 3.63) is 52.6 Å². The molecule has 2 N–H and O–H groups in total. The molecule has 0 saturated carbocycles. The van der Waals surface area contributed by atoms with E-state index in [2.05, 4.69) is 15.0 Å². The van der Waals surface area contributed by atoms with Gasteiger partial charge in [0, 0.05) is 39.6 Å². The van der Waals surface area contributed by atoms with Crippen LogP contribution in [0.15, 0.2) is 35.5 Å². The van der Waals surface area contributed by atoms with Crippen molar-refractivity contribution in [3.8, 4) is 0 Å². The summed E-state index contributed by atoms with van der Waals surface area (Å²) in [6, 6.07) is 6.08. The van der Waals surface area contributed by atoms with Crippen LogP contribution in [0.2, 0.25) is 5.02 Å². The molecule has 7 nitrogen and oxygen atoms in total. The van der Waals surface area contributed by atoms with Crippen LogP contribution in [0.3, 0.4) is 0 Å². The molecule has 29 heavy (non-hydrogen) atoms. The van der Waals surface area contributed by atoms with Crippen molar-refractivity contribution in [1.82, 2.24) is 14.8 Å². The summed E-state index contributed by atoms with van der Waals surface area (Å²) >= 11 is 6.00. The van der Waals surface area contributed by atoms with Crippen LogP contribution in [0.25, 0.3) is 0 Å². The van der Waals surface area contributed by atoms with E-state index in [4.69, 9.17) is 11.6 Å². The number of halogens is 3. The lowest BCUT2D eigenvalue weighted by Gasteiger charge is -2.22. The number of anilines is 1. The lowest BCUT2D eigenvalue weighted by molar-refractivity contribution is 0.463. The van der Waals surface area contributed by atoms with E-state index in [9.17, 15) is 12.8 Å². The van der Waals surface area contributed by atoms with Crippen LogP contribution >= 0.6 is 35.6 Å². The number of nitrogens with one attached hydrogen (secondary N) is 2. The molecule has 0 spiro atoms. The topological polar surface area (TPSA) is 78.7 Å². The molecule has 0 radical (unpaired) electrons. The van der Waals surface area contributed by atoms with Gasteiger partial charge in [-0.25, -0.2) is 12.8 Å². The number of hydrogen-bond acceptors (Lipinski definition) is 3. The molecule has 1 heterocycles. The number of guanidine groups is 1. The molecule has 0 unspecified atom stereocenters. The average molecular weight is 558 g/mol.